The Balaban J connectivity index is 2.36. The van der Waals surface area contributed by atoms with Gasteiger partial charge in [0.05, 0.1) is 0 Å². The number of carbonyl (C=O) groups excluding carboxylic acids is 1. The predicted molar refractivity (Wildman–Crippen MR) is 66.2 cm³/mol. The molecular weight excluding hydrogens is 202 g/mol. The molecule has 1 fully saturated rings. The average molecular weight is 227 g/mol. The molecule has 0 bridgehead atoms. The van der Waals surface area contributed by atoms with Crippen molar-refractivity contribution >= 4 is 5.91 Å². The molecule has 4 nitrogen and oxygen atoms in total. The van der Waals surface area contributed by atoms with Crippen LogP contribution in [-0.4, -0.2) is 54.0 Å². The summed E-state index contributed by atoms with van der Waals surface area (Å²) in [6, 6.07) is 0.608. The fraction of sp³-hybridized carbons (Fsp3) is 0.917. The van der Waals surface area contributed by atoms with Gasteiger partial charge in [-0.1, -0.05) is 6.92 Å². The van der Waals surface area contributed by atoms with E-state index in [0.29, 0.717) is 12.5 Å². The molecule has 0 spiro atoms. The van der Waals surface area contributed by atoms with Crippen molar-refractivity contribution in [2.24, 2.45) is 5.73 Å². The van der Waals surface area contributed by atoms with Crippen molar-refractivity contribution in [3.8, 4) is 0 Å². The smallest absolute Gasteiger partial charge is 0.222 e. The van der Waals surface area contributed by atoms with E-state index in [4.69, 9.17) is 5.73 Å². The lowest BCUT2D eigenvalue weighted by molar-refractivity contribution is -0.134. The molecule has 0 aliphatic carbocycles. The van der Waals surface area contributed by atoms with Crippen LogP contribution in [0.25, 0.3) is 0 Å². The molecule has 1 aliphatic heterocycles. The van der Waals surface area contributed by atoms with E-state index in [0.717, 1.165) is 32.6 Å². The van der Waals surface area contributed by atoms with E-state index < -0.39 is 0 Å². The summed E-state index contributed by atoms with van der Waals surface area (Å²) in [5.74, 6) is 0.264. The quantitative estimate of drug-likeness (QED) is 0.768. The lowest BCUT2D eigenvalue weighted by Gasteiger charge is -2.39. The maximum atomic E-state index is 11.9. The highest BCUT2D eigenvalue weighted by atomic mass is 16.2. The Kier molecular flexibility index (Phi) is 5.22. The summed E-state index contributed by atoms with van der Waals surface area (Å²) in [4.78, 5) is 16.3. The fourth-order valence-corrected chi connectivity index (χ4v) is 2.20. The number of carbonyl (C=O) groups is 1. The second-order valence-corrected chi connectivity index (χ2v) is 4.83. The van der Waals surface area contributed by atoms with E-state index in [1.807, 2.05) is 11.8 Å². The van der Waals surface area contributed by atoms with Crippen LogP contribution in [-0.2, 0) is 4.79 Å². The van der Waals surface area contributed by atoms with Gasteiger partial charge in [-0.25, -0.2) is 0 Å². The highest BCUT2D eigenvalue weighted by Crippen LogP contribution is 2.11. The number of hydrogen-bond acceptors (Lipinski definition) is 3. The Hall–Kier alpha value is -0.610. The van der Waals surface area contributed by atoms with Gasteiger partial charge in [0.1, 0.15) is 0 Å². The van der Waals surface area contributed by atoms with Gasteiger partial charge >= 0.3 is 0 Å². The number of rotatable bonds is 4. The summed E-state index contributed by atoms with van der Waals surface area (Å²) in [5.41, 5.74) is 5.66. The summed E-state index contributed by atoms with van der Waals surface area (Å²) < 4.78 is 0. The Morgan fingerprint density at radius 1 is 1.50 bits per heavy atom. The van der Waals surface area contributed by atoms with Gasteiger partial charge in [-0.15, -0.1) is 0 Å². The van der Waals surface area contributed by atoms with E-state index in [1.165, 1.54) is 0 Å². The normalized spacial score (nSPS) is 24.5. The van der Waals surface area contributed by atoms with Crippen LogP contribution in [0.1, 0.15) is 33.6 Å². The van der Waals surface area contributed by atoms with Crippen molar-refractivity contribution in [2.75, 3.05) is 26.2 Å². The summed E-state index contributed by atoms with van der Waals surface area (Å²) in [6.45, 7) is 10.1. The molecule has 2 unspecified atom stereocenters. The van der Waals surface area contributed by atoms with Gasteiger partial charge in [0, 0.05) is 38.1 Å². The molecule has 1 heterocycles. The third-order valence-corrected chi connectivity index (χ3v) is 3.34. The number of amides is 1. The van der Waals surface area contributed by atoms with Crippen LogP contribution in [0, 0.1) is 0 Å². The molecule has 1 aliphatic rings. The van der Waals surface area contributed by atoms with Crippen molar-refractivity contribution in [2.45, 2.75) is 45.7 Å². The molecular formula is C12H25N3O. The molecule has 0 radical (unpaired) electrons. The molecule has 0 aromatic carbocycles. The zero-order valence-corrected chi connectivity index (χ0v) is 10.8. The van der Waals surface area contributed by atoms with Crippen molar-refractivity contribution in [1.29, 1.82) is 0 Å². The highest BCUT2D eigenvalue weighted by molar-refractivity contribution is 5.76. The molecule has 94 valence electrons. The number of nitrogens with two attached hydrogens (primary N) is 1. The largest absolute Gasteiger partial charge is 0.340 e. The SMILES string of the molecule is CCN1CCN(C(=O)CCC(C)N)CC1C. The van der Waals surface area contributed by atoms with Gasteiger partial charge in [0.2, 0.25) is 5.91 Å². The molecule has 1 saturated heterocycles. The van der Waals surface area contributed by atoms with Crippen LogP contribution in [0.3, 0.4) is 0 Å². The summed E-state index contributed by atoms with van der Waals surface area (Å²) in [5, 5.41) is 0. The molecule has 0 aromatic heterocycles. The number of piperazine rings is 1. The second-order valence-electron chi connectivity index (χ2n) is 4.83. The van der Waals surface area contributed by atoms with Gasteiger partial charge in [0.15, 0.2) is 0 Å². The summed E-state index contributed by atoms with van der Waals surface area (Å²) in [6.07, 6.45) is 1.39. The topological polar surface area (TPSA) is 49.6 Å². The van der Waals surface area contributed by atoms with Crippen LogP contribution >= 0.6 is 0 Å². The van der Waals surface area contributed by atoms with Gasteiger partial charge in [0.25, 0.3) is 0 Å². The third-order valence-electron chi connectivity index (χ3n) is 3.34. The number of likely N-dealkylation sites (N-methyl/N-ethyl adjacent to an activating group) is 1. The van der Waals surface area contributed by atoms with Crippen molar-refractivity contribution in [3.05, 3.63) is 0 Å². The van der Waals surface area contributed by atoms with E-state index in [2.05, 4.69) is 18.7 Å². The van der Waals surface area contributed by atoms with Gasteiger partial charge < -0.3 is 10.6 Å². The van der Waals surface area contributed by atoms with Crippen molar-refractivity contribution < 1.29 is 4.79 Å². The third kappa shape index (κ3) is 3.76. The number of hydrogen-bond donors (Lipinski definition) is 1. The van der Waals surface area contributed by atoms with Crippen LogP contribution in [0.2, 0.25) is 0 Å². The molecule has 2 N–H and O–H groups in total. The van der Waals surface area contributed by atoms with Gasteiger partial charge in [-0.3, -0.25) is 9.69 Å². The minimum Gasteiger partial charge on any atom is -0.340 e. The Bertz CT molecular complexity index is 230. The van der Waals surface area contributed by atoms with Crippen LogP contribution in [0.15, 0.2) is 0 Å². The molecule has 4 heteroatoms. The molecule has 0 saturated carbocycles. The molecule has 2 atom stereocenters. The lowest BCUT2D eigenvalue weighted by atomic mass is 10.1. The van der Waals surface area contributed by atoms with Crippen LogP contribution in [0.5, 0.6) is 0 Å². The van der Waals surface area contributed by atoms with E-state index in [-0.39, 0.29) is 11.9 Å². The maximum Gasteiger partial charge on any atom is 0.222 e. The van der Waals surface area contributed by atoms with Gasteiger partial charge in [-0.2, -0.15) is 0 Å². The van der Waals surface area contributed by atoms with E-state index >= 15 is 0 Å². The minimum atomic E-state index is 0.123. The highest BCUT2D eigenvalue weighted by Gasteiger charge is 2.25. The van der Waals surface area contributed by atoms with Crippen molar-refractivity contribution in [3.63, 3.8) is 0 Å². The maximum absolute atomic E-state index is 11.9. The monoisotopic (exact) mass is 227 g/mol. The molecule has 16 heavy (non-hydrogen) atoms. The first kappa shape index (κ1) is 13.5. The van der Waals surface area contributed by atoms with Crippen LogP contribution < -0.4 is 5.73 Å². The zero-order valence-electron chi connectivity index (χ0n) is 10.8. The molecule has 1 rings (SSSR count). The fourth-order valence-electron chi connectivity index (χ4n) is 2.20. The first-order valence-electron chi connectivity index (χ1n) is 6.32. The number of nitrogens with zero attached hydrogens (tertiary/aromatic N) is 2. The molecule has 1 amide bonds. The average Bonchev–Trinajstić information content (AvgIpc) is 2.25. The predicted octanol–water partition coefficient (Wildman–Crippen LogP) is 0.666. The standard InChI is InChI=1S/C12H25N3O/c1-4-14-7-8-15(9-11(14)3)12(16)6-5-10(2)13/h10-11H,4-9,13H2,1-3H3. The Morgan fingerprint density at radius 2 is 2.19 bits per heavy atom. The first-order valence-corrected chi connectivity index (χ1v) is 6.32. The van der Waals surface area contributed by atoms with Crippen molar-refractivity contribution in [1.82, 2.24) is 9.80 Å². The molecule has 0 aromatic rings. The Morgan fingerprint density at radius 3 is 2.69 bits per heavy atom. The minimum absolute atomic E-state index is 0.123. The summed E-state index contributed by atoms with van der Waals surface area (Å²) >= 11 is 0. The Labute approximate surface area is 98.8 Å². The van der Waals surface area contributed by atoms with Gasteiger partial charge in [-0.05, 0) is 26.8 Å². The lowest BCUT2D eigenvalue weighted by Crippen LogP contribution is -2.53. The second kappa shape index (κ2) is 6.21. The van der Waals surface area contributed by atoms with E-state index in [9.17, 15) is 4.79 Å². The first-order chi connectivity index (χ1) is 7.54. The summed E-state index contributed by atoms with van der Waals surface area (Å²) in [7, 11) is 0. The van der Waals surface area contributed by atoms with Crippen LogP contribution in [0.4, 0.5) is 0 Å². The van der Waals surface area contributed by atoms with E-state index in [1.54, 1.807) is 0 Å². The zero-order chi connectivity index (χ0) is 12.1.